The van der Waals surface area contributed by atoms with Gasteiger partial charge in [0.25, 0.3) is 0 Å². The Hall–Kier alpha value is -4.98. The van der Waals surface area contributed by atoms with Crippen molar-refractivity contribution in [3.63, 3.8) is 0 Å². The minimum absolute atomic E-state index is 0. The molecule has 2 heterocycles. The van der Waals surface area contributed by atoms with Crippen LogP contribution < -0.4 is 12.3 Å². The second-order valence-corrected chi connectivity index (χ2v) is 8.73. The highest BCUT2D eigenvalue weighted by molar-refractivity contribution is 6.08. The average molecular weight is 537 g/mol. The van der Waals surface area contributed by atoms with Gasteiger partial charge in [-0.3, -0.25) is 4.79 Å². The lowest BCUT2D eigenvalue weighted by atomic mass is 10.0. The zero-order valence-electron chi connectivity index (χ0n) is 22.9. The van der Waals surface area contributed by atoms with E-state index >= 15 is 0 Å². The number of methoxy groups -OCH3 is 1. The molecule has 0 aliphatic rings. The normalized spacial score (nSPS) is 9.65. The van der Waals surface area contributed by atoms with Gasteiger partial charge in [0.15, 0.2) is 5.78 Å². The number of ether oxygens (including phenoxy) is 1. The third-order valence-corrected chi connectivity index (χ3v) is 6.03. The molecule has 40 heavy (non-hydrogen) atoms. The van der Waals surface area contributed by atoms with Crippen molar-refractivity contribution in [1.29, 1.82) is 0 Å². The number of benzene rings is 4. The monoisotopic (exact) mass is 536 g/mol. The van der Waals surface area contributed by atoms with Crippen LogP contribution >= 0.6 is 0 Å². The Kier molecular flexibility index (Phi) is 12.1. The maximum absolute atomic E-state index is 12.3. The largest absolute Gasteiger partial charge is 0.465 e. The lowest BCUT2D eigenvalue weighted by Crippen LogP contribution is -2.02. The van der Waals surface area contributed by atoms with Gasteiger partial charge in [-0.1, -0.05) is 103 Å². The highest BCUT2D eigenvalue weighted by Crippen LogP contribution is 2.20. The van der Waals surface area contributed by atoms with E-state index in [-0.39, 0.29) is 24.1 Å². The van der Waals surface area contributed by atoms with Crippen LogP contribution in [0.1, 0.15) is 31.8 Å². The minimum atomic E-state index is -0.308. The van der Waals surface area contributed by atoms with E-state index in [2.05, 4.69) is 33.8 Å². The molecule has 0 fully saturated rings. The first-order valence-electron chi connectivity index (χ1n) is 12.4. The third kappa shape index (κ3) is 8.01. The van der Waals surface area contributed by atoms with E-state index in [0.717, 1.165) is 32.9 Å². The molecule has 0 saturated heterocycles. The molecule has 0 saturated carbocycles. The maximum Gasteiger partial charge on any atom is 0.340 e. The number of hydrogen-bond acceptors (Lipinski definition) is 5. The molecule has 6 rings (SSSR count). The van der Waals surface area contributed by atoms with Crippen molar-refractivity contribution in [2.24, 2.45) is 0 Å². The molecule has 0 spiro atoms. The van der Waals surface area contributed by atoms with Crippen LogP contribution in [0, 0.1) is 6.92 Å². The van der Waals surface area contributed by atoms with E-state index in [0.29, 0.717) is 12.0 Å². The molecule has 0 bridgehead atoms. The first-order valence-corrected chi connectivity index (χ1v) is 12.4. The smallest absolute Gasteiger partial charge is 0.340 e. The highest BCUT2D eigenvalue weighted by atomic mass is 16.5. The molecule has 0 atom stereocenters. The fourth-order valence-corrected chi connectivity index (χ4v) is 4.06. The molecule has 0 aliphatic carbocycles. The Labute approximate surface area is 234 Å². The van der Waals surface area contributed by atoms with Crippen LogP contribution in [0.5, 0.6) is 0 Å². The molecule has 7 heteroatoms. The summed E-state index contributed by atoms with van der Waals surface area (Å²) in [7, 11) is 1.38. The number of H-pyrrole nitrogens is 2. The van der Waals surface area contributed by atoms with Crippen molar-refractivity contribution in [2.75, 3.05) is 7.11 Å². The Morgan fingerprint density at radius 3 is 1.57 bits per heavy atom. The SMILES string of the molecule is COC(=O)c1c[nH]c2ccccc12.Cc1ccccc1.N.N.O=C(Cc1ccccc1)c1c[nH]c2ccccc12. The van der Waals surface area contributed by atoms with Crippen LogP contribution in [-0.2, 0) is 11.2 Å². The Morgan fingerprint density at radius 1 is 0.625 bits per heavy atom. The fraction of sp³-hybridized carbons (Fsp3) is 0.0909. The predicted octanol–water partition coefficient (Wildman–Crippen LogP) is 7.87. The number of Topliss-reactive ketones (excluding diaryl/α,β-unsaturated/α-hetero) is 1. The highest BCUT2D eigenvalue weighted by Gasteiger charge is 2.12. The minimum Gasteiger partial charge on any atom is -0.465 e. The molecule has 0 amide bonds. The maximum atomic E-state index is 12.3. The summed E-state index contributed by atoms with van der Waals surface area (Å²) >= 11 is 0. The number of aryl methyl sites for hydroxylation is 1. The summed E-state index contributed by atoms with van der Waals surface area (Å²) in [6, 6.07) is 35.6. The van der Waals surface area contributed by atoms with E-state index < -0.39 is 0 Å². The summed E-state index contributed by atoms with van der Waals surface area (Å²) in [5, 5.41) is 1.90. The zero-order chi connectivity index (χ0) is 26.7. The molecule has 206 valence electrons. The number of nitrogens with one attached hydrogen (secondary N) is 2. The summed E-state index contributed by atoms with van der Waals surface area (Å²) in [6.07, 6.45) is 3.91. The molecule has 0 radical (unpaired) electrons. The van der Waals surface area contributed by atoms with E-state index in [1.165, 1.54) is 12.7 Å². The van der Waals surface area contributed by atoms with E-state index in [9.17, 15) is 9.59 Å². The van der Waals surface area contributed by atoms with Gasteiger partial charge in [-0.15, -0.1) is 0 Å². The molecule has 2 aromatic heterocycles. The Balaban J connectivity index is 0.000000224. The summed E-state index contributed by atoms with van der Waals surface area (Å²) in [4.78, 5) is 29.7. The van der Waals surface area contributed by atoms with Crippen LogP contribution in [-0.4, -0.2) is 28.8 Å². The van der Waals surface area contributed by atoms with E-state index in [4.69, 9.17) is 0 Å². The summed E-state index contributed by atoms with van der Waals surface area (Å²) < 4.78 is 4.64. The number of ketones is 1. The van der Waals surface area contributed by atoms with Gasteiger partial charge in [-0.25, -0.2) is 4.79 Å². The van der Waals surface area contributed by atoms with E-state index in [1.807, 2.05) is 97.1 Å². The van der Waals surface area contributed by atoms with Crippen molar-refractivity contribution in [3.8, 4) is 0 Å². The fourth-order valence-electron chi connectivity index (χ4n) is 4.06. The number of para-hydroxylation sites is 2. The quantitative estimate of drug-likeness (QED) is 0.134. The van der Waals surface area contributed by atoms with Crippen molar-refractivity contribution in [1.82, 2.24) is 22.3 Å². The Bertz CT molecular complexity index is 1620. The average Bonchev–Trinajstić information content (AvgIpc) is 3.59. The number of carbonyl (C=O) groups is 2. The Morgan fingerprint density at radius 2 is 1.07 bits per heavy atom. The molecule has 0 aliphatic heterocycles. The lowest BCUT2D eigenvalue weighted by Gasteiger charge is -2.00. The molecular weight excluding hydrogens is 500 g/mol. The second-order valence-electron chi connectivity index (χ2n) is 8.73. The van der Waals surface area contributed by atoms with Gasteiger partial charge in [-0.05, 0) is 24.6 Å². The van der Waals surface area contributed by atoms with Crippen LogP contribution in [0.25, 0.3) is 21.8 Å². The van der Waals surface area contributed by atoms with E-state index in [1.54, 1.807) is 12.4 Å². The first-order chi connectivity index (χ1) is 18.6. The molecule has 6 aromatic rings. The number of hydrogen-bond donors (Lipinski definition) is 4. The van der Waals surface area contributed by atoms with Crippen LogP contribution in [0.4, 0.5) is 0 Å². The lowest BCUT2D eigenvalue weighted by molar-refractivity contribution is 0.0603. The standard InChI is InChI=1S/C16H13NO.C10H9NO2.C7H8.2H3N/c18-16(10-12-6-2-1-3-7-12)14-11-17-15-9-5-4-8-13(14)15;1-13-10(12)8-6-11-9-5-3-2-4-7(8)9;1-7-5-3-2-4-6-7;;/h1-9,11,17H,10H2;2-6,11H,1H3;2-6H,1H3;2*1H3. The van der Waals surface area contributed by atoms with Crippen LogP contribution in [0.3, 0.4) is 0 Å². The topological polar surface area (TPSA) is 145 Å². The van der Waals surface area contributed by atoms with Gasteiger partial charge in [0, 0.05) is 46.2 Å². The van der Waals surface area contributed by atoms with Crippen molar-refractivity contribution < 1.29 is 14.3 Å². The zero-order valence-corrected chi connectivity index (χ0v) is 22.9. The molecular formula is C33H36N4O3. The van der Waals surface area contributed by atoms with Crippen molar-refractivity contribution >= 4 is 33.6 Å². The third-order valence-electron chi connectivity index (χ3n) is 6.03. The van der Waals surface area contributed by atoms with Gasteiger partial charge < -0.3 is 27.0 Å². The first kappa shape index (κ1) is 31.2. The second kappa shape index (κ2) is 15.4. The van der Waals surface area contributed by atoms with Gasteiger partial charge in [0.05, 0.1) is 12.7 Å². The number of rotatable bonds is 4. The number of aromatic amines is 2. The van der Waals surface area contributed by atoms with Gasteiger partial charge in [-0.2, -0.15) is 0 Å². The summed E-state index contributed by atoms with van der Waals surface area (Å²) in [6.45, 7) is 2.08. The molecule has 0 unspecified atom stereocenters. The summed E-state index contributed by atoms with van der Waals surface area (Å²) in [5.74, 6) is -0.156. The van der Waals surface area contributed by atoms with Crippen molar-refractivity contribution in [2.45, 2.75) is 13.3 Å². The van der Waals surface area contributed by atoms with Crippen molar-refractivity contribution in [3.05, 3.63) is 144 Å². The summed E-state index contributed by atoms with van der Waals surface area (Å²) in [5.41, 5.74) is 5.68. The van der Waals surface area contributed by atoms with Crippen LogP contribution in [0.15, 0.2) is 122 Å². The number of aromatic nitrogens is 2. The van der Waals surface area contributed by atoms with Gasteiger partial charge in [0.2, 0.25) is 0 Å². The van der Waals surface area contributed by atoms with Crippen LogP contribution in [0.2, 0.25) is 0 Å². The number of fused-ring (bicyclic) bond motifs is 2. The molecule has 4 aromatic carbocycles. The van der Waals surface area contributed by atoms with Gasteiger partial charge >= 0.3 is 5.97 Å². The number of carbonyl (C=O) groups excluding carboxylic acids is 2. The molecule has 7 nitrogen and oxygen atoms in total. The number of esters is 1. The predicted molar refractivity (Wildman–Crippen MR) is 164 cm³/mol. The molecule has 8 N–H and O–H groups in total. The van der Waals surface area contributed by atoms with Gasteiger partial charge in [0.1, 0.15) is 0 Å².